The molecule has 0 aliphatic carbocycles. The molecule has 0 saturated carbocycles. The molecular formula is C25H32N4O4. The number of rotatable bonds is 8. The van der Waals surface area contributed by atoms with Crippen molar-refractivity contribution in [2.24, 2.45) is 11.7 Å². The number of carbonyl (C=O) groups excluding carboxylic acids is 3. The molecule has 3 rings (SSSR count). The Bertz CT molecular complexity index is 1060. The molecule has 2 N–H and O–H groups in total. The average Bonchev–Trinajstić information content (AvgIpc) is 3.01. The number of carbonyl (C=O) groups is 3. The van der Waals surface area contributed by atoms with E-state index in [1.165, 1.54) is 4.90 Å². The summed E-state index contributed by atoms with van der Waals surface area (Å²) in [5.41, 5.74) is 11.6. The highest BCUT2D eigenvalue weighted by molar-refractivity contribution is 6.22. The second kappa shape index (κ2) is 10.1. The Labute approximate surface area is 194 Å². The lowest BCUT2D eigenvalue weighted by Gasteiger charge is -2.25. The third-order valence-corrected chi connectivity index (χ3v) is 5.56. The van der Waals surface area contributed by atoms with Crippen LogP contribution < -0.4 is 10.6 Å². The molecule has 3 amide bonds. The van der Waals surface area contributed by atoms with E-state index in [9.17, 15) is 14.4 Å². The Morgan fingerprint density at radius 2 is 1.85 bits per heavy atom. The summed E-state index contributed by atoms with van der Waals surface area (Å²) >= 11 is 0. The van der Waals surface area contributed by atoms with Gasteiger partial charge in [0.15, 0.2) is 0 Å². The summed E-state index contributed by atoms with van der Waals surface area (Å²) in [5, 5.41) is 0. The predicted molar refractivity (Wildman–Crippen MR) is 127 cm³/mol. The van der Waals surface area contributed by atoms with Gasteiger partial charge in [0.2, 0.25) is 0 Å². The lowest BCUT2D eigenvalue weighted by Crippen LogP contribution is -2.37. The molecule has 2 heterocycles. The van der Waals surface area contributed by atoms with Crippen molar-refractivity contribution in [3.05, 3.63) is 46.8 Å². The van der Waals surface area contributed by atoms with Crippen LogP contribution in [-0.2, 0) is 27.3 Å². The number of nitrogens with two attached hydrogens (primary N) is 1. The van der Waals surface area contributed by atoms with Gasteiger partial charge in [-0.05, 0) is 44.2 Å². The normalized spacial score (nSPS) is 13.9. The minimum absolute atomic E-state index is 0.198. The molecule has 1 aliphatic rings. The fraction of sp³-hybridized carbons (Fsp3) is 0.440. The molecule has 33 heavy (non-hydrogen) atoms. The number of benzene rings is 1. The van der Waals surface area contributed by atoms with Gasteiger partial charge in [0.25, 0.3) is 5.91 Å². The van der Waals surface area contributed by atoms with E-state index in [2.05, 4.69) is 13.8 Å². The number of ether oxygens (including phenoxy) is 1. The number of anilines is 1. The molecule has 0 bridgehead atoms. The van der Waals surface area contributed by atoms with Crippen LogP contribution in [0.1, 0.15) is 43.3 Å². The monoisotopic (exact) mass is 452 g/mol. The van der Waals surface area contributed by atoms with Gasteiger partial charge in [-0.15, -0.1) is 0 Å². The highest BCUT2D eigenvalue weighted by Crippen LogP contribution is 2.40. The van der Waals surface area contributed by atoms with Crippen molar-refractivity contribution in [1.29, 1.82) is 0 Å². The molecular weight excluding hydrogens is 420 g/mol. The molecule has 0 spiro atoms. The summed E-state index contributed by atoms with van der Waals surface area (Å²) < 4.78 is 4.95. The molecule has 0 radical (unpaired) electrons. The molecule has 1 aromatic heterocycles. The Kier molecular flexibility index (Phi) is 7.48. The number of imide groups is 1. The number of aromatic nitrogens is 1. The summed E-state index contributed by atoms with van der Waals surface area (Å²) in [6.07, 6.45) is 0.726. The zero-order chi connectivity index (χ0) is 24.3. The van der Waals surface area contributed by atoms with Crippen LogP contribution in [0.4, 0.5) is 10.5 Å². The zero-order valence-corrected chi connectivity index (χ0v) is 20.0. The minimum Gasteiger partial charge on any atom is -0.465 e. The van der Waals surface area contributed by atoms with Crippen LogP contribution in [0.2, 0.25) is 0 Å². The number of esters is 1. The van der Waals surface area contributed by atoms with E-state index in [-0.39, 0.29) is 26.2 Å². The Morgan fingerprint density at radius 1 is 1.18 bits per heavy atom. The first-order valence-electron chi connectivity index (χ1n) is 11.2. The van der Waals surface area contributed by atoms with Gasteiger partial charge in [-0.3, -0.25) is 14.6 Å². The van der Waals surface area contributed by atoms with E-state index < -0.39 is 17.9 Å². The fourth-order valence-electron chi connectivity index (χ4n) is 4.13. The molecule has 1 aromatic carbocycles. The number of urea groups is 1. The second-order valence-corrected chi connectivity index (χ2v) is 8.69. The molecule has 0 unspecified atom stereocenters. The molecule has 8 heteroatoms. The average molecular weight is 453 g/mol. The quantitative estimate of drug-likeness (QED) is 0.486. The molecule has 2 aromatic rings. The first-order valence-corrected chi connectivity index (χ1v) is 11.2. The summed E-state index contributed by atoms with van der Waals surface area (Å²) in [5.74, 6) is -0.611. The van der Waals surface area contributed by atoms with Crippen molar-refractivity contribution in [2.75, 3.05) is 24.6 Å². The lowest BCUT2D eigenvalue weighted by atomic mass is 9.92. The number of nitrogens with zero attached hydrogens (tertiary/aromatic N) is 3. The third kappa shape index (κ3) is 5.06. The molecule has 1 fully saturated rings. The molecule has 8 nitrogen and oxygen atoms in total. The number of amides is 3. The highest BCUT2D eigenvalue weighted by atomic mass is 16.5. The molecule has 0 atom stereocenters. The van der Waals surface area contributed by atoms with E-state index in [0.29, 0.717) is 17.3 Å². The smallest absolute Gasteiger partial charge is 0.332 e. The second-order valence-electron chi connectivity index (χ2n) is 8.69. The SMILES string of the molecule is CCOC(=O)CN1CC(=O)N(c2c(C)nc(CC(C)C)c(CN)c2-c2ccc(C)cc2)C1=O. The molecule has 1 saturated heterocycles. The van der Waals surface area contributed by atoms with E-state index >= 15 is 0 Å². The van der Waals surface area contributed by atoms with Gasteiger partial charge in [0, 0.05) is 17.8 Å². The first-order chi connectivity index (χ1) is 15.7. The van der Waals surface area contributed by atoms with Crippen LogP contribution in [-0.4, -0.2) is 47.5 Å². The number of aryl methyl sites for hydroxylation is 2. The van der Waals surface area contributed by atoms with Crippen molar-refractivity contribution in [2.45, 2.75) is 47.6 Å². The Morgan fingerprint density at radius 3 is 2.42 bits per heavy atom. The standard InChI is InChI=1S/C25H32N4O4/c1-6-33-22(31)14-28-13-21(30)29(25(28)32)24-17(5)27-20(11-15(2)3)19(12-26)23(24)18-9-7-16(4)8-10-18/h7-10,15H,6,11-14,26H2,1-5H3. The predicted octanol–water partition coefficient (Wildman–Crippen LogP) is 3.35. The van der Waals surface area contributed by atoms with Crippen LogP contribution in [0.15, 0.2) is 24.3 Å². The Balaban J connectivity index is 2.18. The van der Waals surface area contributed by atoms with Crippen molar-refractivity contribution in [1.82, 2.24) is 9.88 Å². The van der Waals surface area contributed by atoms with Crippen LogP contribution in [0.5, 0.6) is 0 Å². The van der Waals surface area contributed by atoms with Crippen molar-refractivity contribution in [3.63, 3.8) is 0 Å². The van der Waals surface area contributed by atoms with Crippen LogP contribution in [0.3, 0.4) is 0 Å². The highest BCUT2D eigenvalue weighted by Gasteiger charge is 2.41. The topological polar surface area (TPSA) is 106 Å². The van der Waals surface area contributed by atoms with Crippen molar-refractivity contribution in [3.8, 4) is 11.1 Å². The van der Waals surface area contributed by atoms with Gasteiger partial charge in [0.1, 0.15) is 13.1 Å². The number of pyridine rings is 1. The fourth-order valence-corrected chi connectivity index (χ4v) is 4.13. The summed E-state index contributed by atoms with van der Waals surface area (Å²) in [7, 11) is 0. The van der Waals surface area contributed by atoms with Crippen LogP contribution >= 0.6 is 0 Å². The minimum atomic E-state index is -0.564. The summed E-state index contributed by atoms with van der Waals surface area (Å²) in [6, 6.07) is 7.34. The third-order valence-electron chi connectivity index (χ3n) is 5.56. The van der Waals surface area contributed by atoms with Gasteiger partial charge in [0.05, 0.1) is 18.0 Å². The molecule has 1 aliphatic heterocycles. The van der Waals surface area contributed by atoms with Gasteiger partial charge in [-0.1, -0.05) is 43.7 Å². The van der Waals surface area contributed by atoms with E-state index in [1.807, 2.05) is 31.2 Å². The maximum absolute atomic E-state index is 13.3. The van der Waals surface area contributed by atoms with Gasteiger partial charge in [-0.25, -0.2) is 9.69 Å². The van der Waals surface area contributed by atoms with Crippen molar-refractivity contribution >= 4 is 23.6 Å². The number of hydrogen-bond donors (Lipinski definition) is 1. The molecule has 176 valence electrons. The Hall–Kier alpha value is -3.26. The maximum Gasteiger partial charge on any atom is 0.332 e. The van der Waals surface area contributed by atoms with Crippen LogP contribution in [0, 0.1) is 19.8 Å². The van der Waals surface area contributed by atoms with Gasteiger partial charge >= 0.3 is 12.0 Å². The zero-order valence-electron chi connectivity index (χ0n) is 20.0. The van der Waals surface area contributed by atoms with Gasteiger partial charge in [-0.2, -0.15) is 0 Å². The summed E-state index contributed by atoms with van der Waals surface area (Å²) in [6.45, 7) is 9.65. The first kappa shape index (κ1) is 24.4. The van der Waals surface area contributed by atoms with E-state index in [4.69, 9.17) is 15.5 Å². The van der Waals surface area contributed by atoms with Gasteiger partial charge < -0.3 is 15.4 Å². The number of hydrogen-bond acceptors (Lipinski definition) is 6. The van der Waals surface area contributed by atoms with E-state index in [1.54, 1.807) is 13.8 Å². The summed E-state index contributed by atoms with van der Waals surface area (Å²) in [4.78, 5) is 45.4. The lowest BCUT2D eigenvalue weighted by molar-refractivity contribution is -0.143. The van der Waals surface area contributed by atoms with Crippen molar-refractivity contribution < 1.29 is 19.1 Å². The maximum atomic E-state index is 13.3. The van der Waals surface area contributed by atoms with Crippen LogP contribution in [0.25, 0.3) is 11.1 Å². The van der Waals surface area contributed by atoms with E-state index in [0.717, 1.165) is 39.3 Å². The largest absolute Gasteiger partial charge is 0.465 e.